The molecular formula is C16H23N5O2. The highest BCUT2D eigenvalue weighted by atomic mass is 16.5. The minimum atomic E-state index is -0.0589. The Hall–Kier alpha value is -2.18. The molecule has 7 heteroatoms. The summed E-state index contributed by atoms with van der Waals surface area (Å²) in [5.74, 6) is 1.68. The smallest absolute Gasteiger partial charge is 0.249 e. The summed E-state index contributed by atoms with van der Waals surface area (Å²) < 4.78 is 5.39. The van der Waals surface area contributed by atoms with Gasteiger partial charge in [0.25, 0.3) is 0 Å². The third-order valence-corrected chi connectivity index (χ3v) is 4.24. The zero-order chi connectivity index (χ0) is 16.2. The molecule has 3 rings (SSSR count). The summed E-state index contributed by atoms with van der Waals surface area (Å²) in [6, 6.07) is -0.0589. The number of hydrogen-bond donors (Lipinski definition) is 1. The van der Waals surface area contributed by atoms with Crippen LogP contribution in [-0.4, -0.2) is 37.7 Å². The molecule has 1 atom stereocenters. The maximum atomic E-state index is 12.5. The van der Waals surface area contributed by atoms with Crippen molar-refractivity contribution < 1.29 is 9.32 Å². The second-order valence-electron chi connectivity index (χ2n) is 6.35. The third kappa shape index (κ3) is 3.60. The fourth-order valence-electron chi connectivity index (χ4n) is 2.94. The van der Waals surface area contributed by atoms with Crippen LogP contribution >= 0.6 is 0 Å². The molecule has 1 amide bonds. The fraction of sp³-hybridized carbons (Fsp3) is 0.625. The van der Waals surface area contributed by atoms with E-state index in [2.05, 4.69) is 20.3 Å². The number of aryl methyl sites for hydroxylation is 1. The van der Waals surface area contributed by atoms with Gasteiger partial charge in [-0.3, -0.25) is 9.89 Å². The molecule has 0 saturated carbocycles. The van der Waals surface area contributed by atoms with Crippen molar-refractivity contribution >= 4 is 5.91 Å². The van der Waals surface area contributed by atoms with Gasteiger partial charge in [-0.1, -0.05) is 19.0 Å². The molecule has 0 radical (unpaired) electrons. The molecule has 0 aliphatic carbocycles. The van der Waals surface area contributed by atoms with Crippen molar-refractivity contribution in [2.24, 2.45) is 0 Å². The summed E-state index contributed by atoms with van der Waals surface area (Å²) in [6.45, 7) is 4.83. The van der Waals surface area contributed by atoms with Crippen LogP contribution in [-0.2, 0) is 11.2 Å². The quantitative estimate of drug-likeness (QED) is 0.884. The summed E-state index contributed by atoms with van der Waals surface area (Å²) in [7, 11) is 0. The lowest BCUT2D eigenvalue weighted by Crippen LogP contribution is -2.30. The topological polar surface area (TPSA) is 87.9 Å². The van der Waals surface area contributed by atoms with E-state index in [9.17, 15) is 4.79 Å². The highest BCUT2D eigenvalue weighted by Gasteiger charge is 2.33. The first kappa shape index (κ1) is 15.7. The van der Waals surface area contributed by atoms with Crippen molar-refractivity contribution in [3.63, 3.8) is 0 Å². The van der Waals surface area contributed by atoms with Gasteiger partial charge < -0.3 is 9.42 Å². The molecule has 0 bridgehead atoms. The number of nitrogens with zero attached hydrogens (tertiary/aromatic N) is 4. The maximum absolute atomic E-state index is 12.5. The molecule has 124 valence electrons. The largest absolute Gasteiger partial charge is 0.337 e. The molecule has 1 N–H and O–H groups in total. The van der Waals surface area contributed by atoms with Gasteiger partial charge in [0.2, 0.25) is 11.8 Å². The first-order valence-corrected chi connectivity index (χ1v) is 8.25. The molecule has 0 aromatic carbocycles. The summed E-state index contributed by atoms with van der Waals surface area (Å²) in [4.78, 5) is 18.9. The van der Waals surface area contributed by atoms with Gasteiger partial charge in [-0.05, 0) is 31.2 Å². The first-order chi connectivity index (χ1) is 11.1. The van der Waals surface area contributed by atoms with Gasteiger partial charge in [-0.15, -0.1) is 0 Å². The van der Waals surface area contributed by atoms with Crippen molar-refractivity contribution in [1.29, 1.82) is 0 Å². The van der Waals surface area contributed by atoms with Crippen LogP contribution in [0.2, 0.25) is 0 Å². The van der Waals surface area contributed by atoms with E-state index in [0.29, 0.717) is 18.1 Å². The third-order valence-electron chi connectivity index (χ3n) is 4.24. The van der Waals surface area contributed by atoms with E-state index in [4.69, 9.17) is 4.52 Å². The highest BCUT2D eigenvalue weighted by Crippen LogP contribution is 2.32. The second kappa shape index (κ2) is 6.93. The number of hydrogen-bond acceptors (Lipinski definition) is 5. The zero-order valence-corrected chi connectivity index (χ0v) is 13.7. The molecule has 0 spiro atoms. The van der Waals surface area contributed by atoms with E-state index in [1.807, 2.05) is 24.9 Å². The lowest BCUT2D eigenvalue weighted by Gasteiger charge is -2.21. The number of aromatic amines is 1. The van der Waals surface area contributed by atoms with Crippen molar-refractivity contribution in [2.45, 2.75) is 57.9 Å². The van der Waals surface area contributed by atoms with Gasteiger partial charge in [0.1, 0.15) is 6.04 Å². The number of carbonyl (C=O) groups is 1. The van der Waals surface area contributed by atoms with Gasteiger partial charge >= 0.3 is 0 Å². The van der Waals surface area contributed by atoms with E-state index in [1.165, 1.54) is 0 Å². The number of amides is 1. The average Bonchev–Trinajstić information content (AvgIpc) is 3.27. The monoisotopic (exact) mass is 317 g/mol. The summed E-state index contributed by atoms with van der Waals surface area (Å²) in [5.41, 5.74) is 1.13. The lowest BCUT2D eigenvalue weighted by molar-refractivity contribution is -0.132. The first-order valence-electron chi connectivity index (χ1n) is 8.25. The Bertz CT molecular complexity index is 635. The Labute approximate surface area is 135 Å². The van der Waals surface area contributed by atoms with Crippen molar-refractivity contribution in [2.75, 3.05) is 6.54 Å². The normalized spacial score (nSPS) is 18.0. The van der Waals surface area contributed by atoms with Gasteiger partial charge in [0.05, 0.1) is 6.20 Å². The Kier molecular flexibility index (Phi) is 4.73. The average molecular weight is 317 g/mol. The van der Waals surface area contributed by atoms with Crippen molar-refractivity contribution in [3.05, 3.63) is 29.7 Å². The molecule has 23 heavy (non-hydrogen) atoms. The Morgan fingerprint density at radius 1 is 1.52 bits per heavy atom. The lowest BCUT2D eigenvalue weighted by atomic mass is 10.1. The van der Waals surface area contributed by atoms with E-state index >= 15 is 0 Å². The number of likely N-dealkylation sites (tertiary alicyclic amines) is 1. The number of rotatable bonds is 6. The summed E-state index contributed by atoms with van der Waals surface area (Å²) in [6.07, 6.45) is 7.77. The standard InChI is InChI=1S/C16H23N5O2/c1-11(2)15-19-16(23-20-15)13-6-4-8-21(13)14(22)7-3-5-12-9-17-18-10-12/h9-11,13H,3-8H2,1-2H3,(H,17,18)/t13-/m0/s1. The number of aromatic nitrogens is 4. The molecule has 1 aliphatic rings. The Morgan fingerprint density at radius 2 is 2.39 bits per heavy atom. The van der Waals surface area contributed by atoms with Crippen molar-refractivity contribution in [3.8, 4) is 0 Å². The minimum Gasteiger partial charge on any atom is -0.337 e. The highest BCUT2D eigenvalue weighted by molar-refractivity contribution is 5.76. The van der Waals surface area contributed by atoms with Crippen LogP contribution in [0, 0.1) is 0 Å². The van der Waals surface area contributed by atoms with Crippen LogP contribution in [0.25, 0.3) is 0 Å². The molecule has 1 saturated heterocycles. The van der Waals surface area contributed by atoms with Crippen LogP contribution in [0.15, 0.2) is 16.9 Å². The van der Waals surface area contributed by atoms with Crippen LogP contribution in [0.5, 0.6) is 0 Å². The van der Waals surface area contributed by atoms with E-state index in [0.717, 1.165) is 37.8 Å². The molecule has 2 aromatic heterocycles. The van der Waals surface area contributed by atoms with Gasteiger partial charge in [-0.2, -0.15) is 10.1 Å². The molecule has 1 fully saturated rings. The Morgan fingerprint density at radius 3 is 3.09 bits per heavy atom. The van der Waals surface area contributed by atoms with E-state index < -0.39 is 0 Å². The predicted molar refractivity (Wildman–Crippen MR) is 83.6 cm³/mol. The van der Waals surface area contributed by atoms with E-state index in [1.54, 1.807) is 6.20 Å². The number of carbonyl (C=O) groups excluding carboxylic acids is 1. The minimum absolute atomic E-state index is 0.0589. The molecular weight excluding hydrogens is 294 g/mol. The summed E-state index contributed by atoms with van der Waals surface area (Å²) >= 11 is 0. The molecule has 3 heterocycles. The van der Waals surface area contributed by atoms with Gasteiger partial charge in [0.15, 0.2) is 5.82 Å². The number of nitrogens with one attached hydrogen (secondary N) is 1. The number of H-pyrrole nitrogens is 1. The predicted octanol–water partition coefficient (Wildman–Crippen LogP) is 2.60. The van der Waals surface area contributed by atoms with Gasteiger partial charge in [-0.25, -0.2) is 0 Å². The van der Waals surface area contributed by atoms with Crippen LogP contribution in [0.3, 0.4) is 0 Å². The maximum Gasteiger partial charge on any atom is 0.249 e. The van der Waals surface area contributed by atoms with Crippen LogP contribution in [0.1, 0.15) is 68.8 Å². The fourth-order valence-corrected chi connectivity index (χ4v) is 2.94. The second-order valence-corrected chi connectivity index (χ2v) is 6.35. The van der Waals surface area contributed by atoms with E-state index in [-0.39, 0.29) is 17.9 Å². The molecule has 7 nitrogen and oxygen atoms in total. The Balaban J connectivity index is 1.57. The van der Waals surface area contributed by atoms with Gasteiger partial charge in [0, 0.05) is 25.1 Å². The molecule has 0 unspecified atom stereocenters. The van der Waals surface area contributed by atoms with Crippen molar-refractivity contribution in [1.82, 2.24) is 25.2 Å². The SMILES string of the molecule is CC(C)c1noc([C@@H]2CCCN2C(=O)CCCc2cn[nH]c2)n1. The molecule has 1 aliphatic heterocycles. The molecule has 2 aromatic rings. The van der Waals surface area contributed by atoms with Crippen LogP contribution < -0.4 is 0 Å². The van der Waals surface area contributed by atoms with Crippen LogP contribution in [0.4, 0.5) is 0 Å². The zero-order valence-electron chi connectivity index (χ0n) is 13.7. The summed E-state index contributed by atoms with van der Waals surface area (Å²) in [5, 5.41) is 10.7.